The first-order valence-electron chi connectivity index (χ1n) is 27.2. The number of carbonyl (C=O) groups excluding carboxylic acids is 8. The lowest BCUT2D eigenvalue weighted by molar-refractivity contribution is -0.0150. The molecule has 8 aromatic rings. The van der Waals surface area contributed by atoms with Crippen LogP contribution in [-0.4, -0.2) is 126 Å². The van der Waals surface area contributed by atoms with Crippen LogP contribution >= 0.6 is 11.3 Å². The van der Waals surface area contributed by atoms with Crippen LogP contribution in [-0.2, 0) is 70.4 Å². The van der Waals surface area contributed by atoms with E-state index in [2.05, 4.69) is 17.1 Å². The number of hydrogen-bond donors (Lipinski definition) is 0. The van der Waals surface area contributed by atoms with Gasteiger partial charge in [0, 0.05) is 20.9 Å². The summed E-state index contributed by atoms with van der Waals surface area (Å²) in [6.07, 6.45) is 4.41. The molecule has 0 bridgehead atoms. The minimum Gasteiger partial charge on any atom is -0.289 e. The first-order chi connectivity index (χ1) is 42.7. The van der Waals surface area contributed by atoms with E-state index < -0.39 is 87.7 Å². The highest BCUT2D eigenvalue weighted by molar-refractivity contribution is 7.86. The van der Waals surface area contributed by atoms with Crippen LogP contribution in [0, 0.1) is 13.8 Å². The molecule has 25 nitrogen and oxygen atoms in total. The molecule has 0 fully saturated rings. The topological polar surface area (TPSA) is 340 Å². The molecular weight excluding hydrogens is 1290 g/mol. The molecule has 5 heterocycles. The SMILES string of the molecule is CC.CC.CS(=O)(=O)ON1C(=O)c2cc3c(cc2C1=O)Cc1ccccc1C3.CS(=O)(=O)ON1C(=O)c2cccc3cccc(c23)C1=O.CS(=O)(=O)ON1C(=O)c2ccccc2C1=O.Cc1cc2sc3c4c(ccc3c(=O)c2cc1C)C(=O)N(OS(C)(=O)=O)C4=O. The average molecular weight is 1340 g/mol. The largest absolute Gasteiger partial charge is 0.289 e. The Morgan fingerprint density at radius 2 is 0.714 bits per heavy atom. The zero-order chi connectivity index (χ0) is 67.1. The monoisotopic (exact) mass is 1340 g/mol. The zero-order valence-corrected chi connectivity index (χ0v) is 53.9. The normalized spacial score (nSPS) is 14.6. The van der Waals surface area contributed by atoms with Gasteiger partial charge in [-0.15, -0.1) is 48.7 Å². The fraction of sp³-hybridized carbons (Fsp3) is 0.197. The lowest BCUT2D eigenvalue weighted by Crippen LogP contribution is -2.41. The first-order valence-corrected chi connectivity index (χ1v) is 35.3. The molecule has 474 valence electrons. The Balaban J connectivity index is 0.000000156. The van der Waals surface area contributed by atoms with Gasteiger partial charge in [-0.2, -0.15) is 33.7 Å². The minimum absolute atomic E-state index is 0.00924. The third-order valence-electron chi connectivity index (χ3n) is 13.6. The molecular formula is C61H54N4O21S5. The molecule has 5 aliphatic rings. The molecule has 1 aromatic heterocycles. The summed E-state index contributed by atoms with van der Waals surface area (Å²) in [4.78, 5) is 110. The van der Waals surface area contributed by atoms with Gasteiger partial charge in [0.15, 0.2) is 5.43 Å². The van der Waals surface area contributed by atoms with E-state index in [1.807, 2.05) is 77.9 Å². The molecule has 91 heavy (non-hydrogen) atoms. The highest BCUT2D eigenvalue weighted by atomic mass is 32.2. The third kappa shape index (κ3) is 14.0. The number of carbonyl (C=O) groups is 8. The molecule has 7 aromatic carbocycles. The fourth-order valence-corrected chi connectivity index (χ4v) is 12.8. The predicted octanol–water partition coefficient (Wildman–Crippen LogP) is 7.74. The number of nitrogens with zero attached hydrogens (tertiary/aromatic N) is 4. The maximum atomic E-state index is 12.9. The summed E-state index contributed by atoms with van der Waals surface area (Å²) in [7, 11) is -15.9. The van der Waals surface area contributed by atoms with Crippen LogP contribution in [0.15, 0.2) is 126 Å². The van der Waals surface area contributed by atoms with Gasteiger partial charge in [0.1, 0.15) is 0 Å². The Hall–Kier alpha value is -9.11. The van der Waals surface area contributed by atoms with Crippen molar-refractivity contribution in [1.29, 1.82) is 0 Å². The number of hydroxylamine groups is 8. The molecule has 0 saturated carbocycles. The van der Waals surface area contributed by atoms with Gasteiger partial charge < -0.3 is 0 Å². The van der Waals surface area contributed by atoms with E-state index in [1.54, 1.807) is 48.5 Å². The van der Waals surface area contributed by atoms with E-state index in [9.17, 15) is 76.8 Å². The van der Waals surface area contributed by atoms with Crippen molar-refractivity contribution < 1.29 is 89.2 Å². The molecule has 8 amide bonds. The van der Waals surface area contributed by atoms with Crippen molar-refractivity contribution >= 4 is 130 Å². The van der Waals surface area contributed by atoms with E-state index in [1.165, 1.54) is 58.9 Å². The van der Waals surface area contributed by atoms with Crippen LogP contribution in [0.3, 0.4) is 0 Å². The van der Waals surface area contributed by atoms with E-state index in [0.717, 1.165) is 52.7 Å². The molecule has 30 heteroatoms. The number of rotatable bonds is 8. The summed E-state index contributed by atoms with van der Waals surface area (Å²) in [6, 6.07) is 33.8. The number of amides is 8. The summed E-state index contributed by atoms with van der Waals surface area (Å²) in [5, 5.41) is 3.17. The second kappa shape index (κ2) is 26.0. The van der Waals surface area contributed by atoms with Crippen molar-refractivity contribution in [2.75, 3.05) is 25.0 Å². The fourth-order valence-electron chi connectivity index (χ4n) is 9.85. The van der Waals surface area contributed by atoms with Crippen molar-refractivity contribution in [3.63, 3.8) is 0 Å². The predicted molar refractivity (Wildman–Crippen MR) is 332 cm³/mol. The summed E-state index contributed by atoms with van der Waals surface area (Å²) in [5.74, 6) is -6.39. The molecule has 0 radical (unpaired) electrons. The number of imide groups is 4. The summed E-state index contributed by atoms with van der Waals surface area (Å²) < 4.78 is 108. The average Bonchev–Trinajstić information content (AvgIpc) is 1.75. The Bertz CT molecular complexity index is 4880. The quantitative estimate of drug-likeness (QED) is 0.104. The molecule has 4 aliphatic heterocycles. The third-order valence-corrected chi connectivity index (χ3v) is 16.5. The highest BCUT2D eigenvalue weighted by Crippen LogP contribution is 2.37. The van der Waals surface area contributed by atoms with Gasteiger partial charge >= 0.3 is 0 Å². The summed E-state index contributed by atoms with van der Waals surface area (Å²) in [6.45, 7) is 11.8. The Labute approximate surface area is 525 Å². The number of aryl methyl sites for hydroxylation is 2. The van der Waals surface area contributed by atoms with Crippen LogP contribution in [0.4, 0.5) is 0 Å². The second-order valence-corrected chi connectivity index (χ2v) is 27.3. The molecule has 0 N–H and O–H groups in total. The first kappa shape index (κ1) is 67.8. The van der Waals surface area contributed by atoms with Gasteiger partial charge in [-0.05, 0) is 126 Å². The standard InChI is InChI=1S/C18H13NO6S2.C17H13NO5S.C13H9NO5S.C9H7NO5S.2C2H6/c1-8-6-12-13(7-9(8)2)26-16-11(15(12)20)5-4-10-14(16)18(22)19(17(10)21)25-27(3,23)24;1-24(21,22)23-18-16(19)14-8-12-6-10-4-2-3-5-11(10)7-13(12)9-15(14)17(18)20;1-20(17,18)19-14-12(15)9-6-2-4-8-5-3-7-10(11(8)9)13(14)16;1-16(13,14)15-10-8(11)6-4-2-3-5-7(6)9(10)12;2*1-2/h4-7H,1-3H3;2-5,8-9H,6-7H2,1H3;2-7H,1H3;2-5H,1H3;2*1-2H3. The van der Waals surface area contributed by atoms with E-state index in [-0.39, 0.29) is 65.1 Å². The summed E-state index contributed by atoms with van der Waals surface area (Å²) in [5.41, 5.74) is 7.15. The van der Waals surface area contributed by atoms with Crippen LogP contribution in [0.2, 0.25) is 0 Å². The molecule has 0 spiro atoms. The van der Waals surface area contributed by atoms with Gasteiger partial charge in [-0.3, -0.25) is 43.2 Å². The van der Waals surface area contributed by atoms with Gasteiger partial charge in [-0.25, -0.2) is 0 Å². The van der Waals surface area contributed by atoms with Crippen molar-refractivity contribution in [3.8, 4) is 0 Å². The van der Waals surface area contributed by atoms with Gasteiger partial charge in [0.2, 0.25) is 0 Å². The van der Waals surface area contributed by atoms with Crippen LogP contribution in [0.25, 0.3) is 30.9 Å². The summed E-state index contributed by atoms with van der Waals surface area (Å²) >= 11 is 1.21. The van der Waals surface area contributed by atoms with E-state index >= 15 is 0 Å². The van der Waals surface area contributed by atoms with Crippen LogP contribution < -0.4 is 5.43 Å². The van der Waals surface area contributed by atoms with E-state index in [0.29, 0.717) is 43.5 Å². The minimum atomic E-state index is -4.07. The number of benzene rings is 7. The van der Waals surface area contributed by atoms with Crippen LogP contribution in [0.5, 0.6) is 0 Å². The van der Waals surface area contributed by atoms with Gasteiger partial charge in [0.25, 0.3) is 87.7 Å². The molecule has 1 aliphatic carbocycles. The number of fused-ring (bicyclic) bond motifs is 8. The lowest BCUT2D eigenvalue weighted by atomic mass is 9.84. The molecule has 13 rings (SSSR count). The van der Waals surface area contributed by atoms with Crippen molar-refractivity contribution in [2.45, 2.75) is 54.4 Å². The maximum Gasteiger partial charge on any atom is 0.288 e. The van der Waals surface area contributed by atoms with Crippen molar-refractivity contribution in [3.05, 3.63) is 209 Å². The lowest BCUT2D eigenvalue weighted by Gasteiger charge is -2.24. The Morgan fingerprint density at radius 3 is 1.13 bits per heavy atom. The van der Waals surface area contributed by atoms with Crippen LogP contribution in [0.1, 0.15) is 144 Å². The smallest absolute Gasteiger partial charge is 0.288 e. The van der Waals surface area contributed by atoms with Gasteiger partial charge in [-0.1, -0.05) is 88.4 Å². The van der Waals surface area contributed by atoms with Gasteiger partial charge in [0.05, 0.1) is 74.2 Å². The molecule has 0 saturated heterocycles. The number of hydrogen-bond acceptors (Lipinski definition) is 22. The molecule has 0 unspecified atom stereocenters. The Kier molecular flexibility index (Phi) is 19.4. The second-order valence-electron chi connectivity index (χ2n) is 20.0. The molecule has 0 atom stereocenters. The zero-order valence-electron chi connectivity index (χ0n) is 49.9. The maximum absolute atomic E-state index is 12.9. The van der Waals surface area contributed by atoms with Crippen molar-refractivity contribution in [1.82, 2.24) is 20.3 Å². The van der Waals surface area contributed by atoms with E-state index in [4.69, 9.17) is 0 Å². The van der Waals surface area contributed by atoms with Crippen molar-refractivity contribution in [2.24, 2.45) is 0 Å². The highest BCUT2D eigenvalue weighted by Gasteiger charge is 2.43. The Morgan fingerprint density at radius 1 is 0.363 bits per heavy atom.